The highest BCUT2D eigenvalue weighted by Crippen LogP contribution is 2.61. The van der Waals surface area contributed by atoms with Crippen molar-refractivity contribution in [3.8, 4) is 145 Å². The van der Waals surface area contributed by atoms with Crippen molar-refractivity contribution in [2.24, 2.45) is 0 Å². The molecule has 5 aliphatic rings. The van der Waals surface area contributed by atoms with E-state index in [1.165, 1.54) is 328 Å². The van der Waals surface area contributed by atoms with Crippen molar-refractivity contribution in [1.82, 2.24) is 0 Å². The van der Waals surface area contributed by atoms with E-state index < -0.39 is 5.41 Å². The molecule has 0 saturated heterocycles. The summed E-state index contributed by atoms with van der Waals surface area (Å²) in [4.78, 5) is 0. The maximum atomic E-state index is 2.60. The van der Waals surface area contributed by atoms with Crippen molar-refractivity contribution < 1.29 is 0 Å². The summed E-state index contributed by atoms with van der Waals surface area (Å²) < 4.78 is 0. The fourth-order valence-electron chi connectivity index (χ4n) is 22.5. The Bertz CT molecular complexity index is 6950. The zero-order valence-corrected chi connectivity index (χ0v) is 76.1. The van der Waals surface area contributed by atoms with Gasteiger partial charge in [0.25, 0.3) is 0 Å². The van der Waals surface area contributed by atoms with Gasteiger partial charge < -0.3 is 0 Å². The van der Waals surface area contributed by atoms with Gasteiger partial charge in [-0.05, 0) is 350 Å². The SMILES string of the molecule is C(=C1CCCCC1)c1ccc(-c2ccc(-c3ccc(-c4ccc5cc(-c6ccc(-c7ccc(-c8ccc(C=C9CCCCC9)cc8)cc7)cc6)c(C6(c7cc8cc(-c9ccc(-c%10ccc(-c%11ccc(C=C%12CCCCC%12)cc%11)cc%10)cc9)ccc8cc7-c7ccc(-c8ccc(-c9ccc(C=C%10CCCCC%10)cc9)cc8)cc7)c7ccccc7-c7ccccc76)cc5c4)cc3)cc2)cc1. The fourth-order valence-corrected chi connectivity index (χ4v) is 22.5. The molecule has 0 spiro atoms. The largest absolute Gasteiger partial charge is 0.0725 e. The zero-order chi connectivity index (χ0) is 88.4. The summed E-state index contributed by atoms with van der Waals surface area (Å²) in [6, 6.07) is 154. The molecule has 18 aromatic carbocycles. The number of rotatable bonds is 18. The lowest BCUT2D eigenvalue weighted by Crippen LogP contribution is -2.30. The molecule has 0 bridgehead atoms. The van der Waals surface area contributed by atoms with Gasteiger partial charge in [-0.3, -0.25) is 0 Å². The minimum atomic E-state index is -0.884. The molecule has 0 atom stereocenters. The Morgan fingerprint density at radius 1 is 0.135 bits per heavy atom. The highest BCUT2D eigenvalue weighted by molar-refractivity contribution is 6.01. The molecule has 0 aromatic heterocycles. The zero-order valence-electron chi connectivity index (χ0n) is 76.1. The van der Waals surface area contributed by atoms with Gasteiger partial charge in [0.1, 0.15) is 0 Å². The van der Waals surface area contributed by atoms with Crippen LogP contribution >= 0.6 is 0 Å². The number of hydrogen-bond acceptors (Lipinski definition) is 0. The summed E-state index contributed by atoms with van der Waals surface area (Å²) >= 11 is 0. The Hall–Kier alpha value is -14.6. The van der Waals surface area contributed by atoms with Crippen LogP contribution in [0.1, 0.15) is 173 Å². The Labute approximate surface area is 785 Å². The molecule has 0 N–H and O–H groups in total. The second-order valence-corrected chi connectivity index (χ2v) is 38.3. The molecule has 0 heterocycles. The molecule has 0 heteroatoms. The quantitative estimate of drug-likeness (QED) is 0.0803. The number of benzene rings is 18. The number of hydrogen-bond donors (Lipinski definition) is 0. The third-order valence-electron chi connectivity index (χ3n) is 29.9. The van der Waals surface area contributed by atoms with Crippen LogP contribution in [-0.4, -0.2) is 0 Å². The van der Waals surface area contributed by atoms with Crippen LogP contribution in [0.3, 0.4) is 0 Å². The van der Waals surface area contributed by atoms with Crippen LogP contribution in [0.15, 0.2) is 423 Å². The lowest BCUT2D eigenvalue weighted by Gasteiger charge is -2.38. The van der Waals surface area contributed by atoms with Crippen molar-refractivity contribution >= 4 is 45.8 Å². The van der Waals surface area contributed by atoms with E-state index in [1.54, 1.807) is 22.3 Å². The van der Waals surface area contributed by atoms with E-state index >= 15 is 0 Å². The van der Waals surface area contributed by atoms with E-state index in [0.717, 1.165) is 11.1 Å². The Morgan fingerprint density at radius 2 is 0.323 bits per heavy atom. The molecule has 0 nitrogen and oxygen atoms in total. The van der Waals surface area contributed by atoms with Gasteiger partial charge in [-0.15, -0.1) is 0 Å². The summed E-state index contributed by atoms with van der Waals surface area (Å²) in [7, 11) is 0. The summed E-state index contributed by atoms with van der Waals surface area (Å²) in [5, 5.41) is 4.73. The molecule has 0 radical (unpaired) electrons. The highest BCUT2D eigenvalue weighted by Gasteiger charge is 2.49. The van der Waals surface area contributed by atoms with Crippen molar-refractivity contribution in [3.63, 3.8) is 0 Å². The Morgan fingerprint density at radius 3 is 0.549 bits per heavy atom. The summed E-state index contributed by atoms with van der Waals surface area (Å²) in [6.45, 7) is 0. The summed E-state index contributed by atoms with van der Waals surface area (Å²) in [5.74, 6) is 0. The fraction of sp³-hybridized carbons (Fsp3) is 0.158. The normalized spacial score (nSPS) is 14.8. The van der Waals surface area contributed by atoms with Crippen LogP contribution in [0.4, 0.5) is 0 Å². The van der Waals surface area contributed by atoms with E-state index in [9.17, 15) is 0 Å². The van der Waals surface area contributed by atoms with Gasteiger partial charge in [-0.25, -0.2) is 0 Å². The lowest BCUT2D eigenvalue weighted by molar-refractivity contribution is 0.602. The van der Waals surface area contributed by atoms with Gasteiger partial charge >= 0.3 is 0 Å². The van der Waals surface area contributed by atoms with E-state index in [4.69, 9.17) is 0 Å². The van der Waals surface area contributed by atoms with Crippen LogP contribution in [0.25, 0.3) is 190 Å². The molecule has 4 saturated carbocycles. The maximum Gasteiger partial charge on any atom is 0.0725 e. The van der Waals surface area contributed by atoms with Crippen LogP contribution < -0.4 is 0 Å². The lowest BCUT2D eigenvalue weighted by atomic mass is 9.63. The first-order valence-electron chi connectivity index (χ1n) is 49.2. The van der Waals surface area contributed by atoms with Gasteiger partial charge in [-0.1, -0.05) is 436 Å². The first-order valence-corrected chi connectivity index (χ1v) is 49.2. The van der Waals surface area contributed by atoms with Crippen LogP contribution in [-0.2, 0) is 5.41 Å². The van der Waals surface area contributed by atoms with E-state index in [1.807, 2.05) is 0 Å². The molecular weight excluding hydrogens is 1600 g/mol. The van der Waals surface area contributed by atoms with Gasteiger partial charge in [-0.2, -0.15) is 0 Å². The molecule has 18 aromatic rings. The number of fused-ring (bicyclic) bond motifs is 5. The van der Waals surface area contributed by atoms with Crippen LogP contribution in [0.2, 0.25) is 0 Å². The standard InChI is InChI=1S/C133H110/c1-5-17-91(18-6-1)81-95-29-37-99(38-30-95)103-45-53-107(54-46-103)111-61-65-115(66-62-111)119-77-79-121-87-127(117-73-69-113(70-74-117)109-57-49-105(50-58-109)101-41-33-97(34-42-101)83-93-21-9-3-10-22-93)131(89-123(121)85-119)133(129-27-15-13-25-125(129)126-26-14-16-28-130(126)133)132-90-124-86-120(116-67-63-112(64-68-116)108-55-47-104(48-56-108)100-39-31-96(32-40-100)82-92-19-7-2-8-20-92)78-80-122(124)88-128(132)118-75-71-114(72-76-118)110-59-51-106(52-60-110)102-43-35-98(36-44-102)84-94-23-11-4-12-24-94/h13-16,25-90H,1-12,17-24H2. The van der Waals surface area contributed by atoms with Crippen molar-refractivity contribution in [1.29, 1.82) is 0 Å². The Kier molecular flexibility index (Phi) is 23.0. The molecule has 133 heavy (non-hydrogen) atoms. The first kappa shape index (κ1) is 82.8. The van der Waals surface area contributed by atoms with Gasteiger partial charge in [0.05, 0.1) is 5.41 Å². The van der Waals surface area contributed by atoms with Gasteiger partial charge in [0.2, 0.25) is 0 Å². The van der Waals surface area contributed by atoms with Crippen LogP contribution in [0, 0.1) is 0 Å². The molecule has 642 valence electrons. The molecule has 0 unspecified atom stereocenters. The van der Waals surface area contributed by atoms with Gasteiger partial charge in [0.15, 0.2) is 0 Å². The minimum Gasteiger partial charge on any atom is -0.0696 e. The van der Waals surface area contributed by atoms with Crippen LogP contribution in [0.5, 0.6) is 0 Å². The minimum absolute atomic E-state index is 0.884. The molecule has 23 rings (SSSR count). The third-order valence-corrected chi connectivity index (χ3v) is 29.9. The van der Waals surface area contributed by atoms with E-state index in [-0.39, 0.29) is 0 Å². The smallest absolute Gasteiger partial charge is 0.0696 e. The van der Waals surface area contributed by atoms with Gasteiger partial charge in [0, 0.05) is 0 Å². The second kappa shape index (κ2) is 37.0. The van der Waals surface area contributed by atoms with Crippen molar-refractivity contribution in [2.75, 3.05) is 0 Å². The molecule has 0 amide bonds. The molecule has 5 aliphatic carbocycles. The average Bonchev–Trinajstić information content (AvgIpc) is 1.53. The predicted octanol–water partition coefficient (Wildman–Crippen LogP) is 37.8. The third kappa shape index (κ3) is 17.2. The van der Waals surface area contributed by atoms with E-state index in [0.29, 0.717) is 0 Å². The topological polar surface area (TPSA) is 0 Å². The molecule has 4 fully saturated rings. The van der Waals surface area contributed by atoms with Crippen molar-refractivity contribution in [2.45, 2.75) is 134 Å². The summed E-state index contributed by atoms with van der Waals surface area (Å²) in [5.41, 5.74) is 46.9. The summed E-state index contributed by atoms with van der Waals surface area (Å²) in [6.07, 6.45) is 35.4. The second-order valence-electron chi connectivity index (χ2n) is 38.3. The predicted molar refractivity (Wildman–Crippen MR) is 568 cm³/mol. The first-order chi connectivity index (χ1) is 65.8. The van der Waals surface area contributed by atoms with E-state index in [2.05, 4.69) is 425 Å². The highest BCUT2D eigenvalue weighted by atomic mass is 14.5. The monoisotopic (exact) mass is 1710 g/mol. The average molecular weight is 1710 g/mol. The number of allylic oxidation sites excluding steroid dienone is 4. The molecular formula is C133H110. The maximum absolute atomic E-state index is 2.60. The Balaban J connectivity index is 0.647. The van der Waals surface area contributed by atoms with Crippen molar-refractivity contribution in [3.05, 3.63) is 467 Å². The molecule has 0 aliphatic heterocycles.